The van der Waals surface area contributed by atoms with Gasteiger partial charge >= 0.3 is 0 Å². The maximum Gasteiger partial charge on any atom is 0.121 e. The summed E-state index contributed by atoms with van der Waals surface area (Å²) in [6.45, 7) is 7.34. The van der Waals surface area contributed by atoms with Gasteiger partial charge in [-0.3, -0.25) is 0 Å². The van der Waals surface area contributed by atoms with Crippen LogP contribution in [0.5, 0.6) is 0 Å². The minimum Gasteiger partial charge on any atom is -0.308 e. The zero-order valence-corrected chi connectivity index (χ0v) is 9.71. The molecule has 1 atom stereocenters. The normalized spacial score (nSPS) is 24.6. The molecular formula is C11H19N3O. The Hall–Kier alpha value is -0.900. The van der Waals surface area contributed by atoms with Crippen molar-refractivity contribution in [3.05, 3.63) is 11.4 Å². The molecule has 84 valence electrons. The number of aromatic nitrogens is 2. The monoisotopic (exact) mass is 209 g/mol. The van der Waals surface area contributed by atoms with Crippen LogP contribution < -0.4 is 5.32 Å². The topological polar surface area (TPSA) is 51.0 Å². The Morgan fingerprint density at radius 1 is 1.47 bits per heavy atom. The van der Waals surface area contributed by atoms with Crippen LogP contribution in [-0.2, 0) is 6.54 Å². The second-order valence-corrected chi connectivity index (χ2v) is 5.11. The Morgan fingerprint density at radius 3 is 2.80 bits per heavy atom. The molecule has 1 aromatic heterocycles. The van der Waals surface area contributed by atoms with E-state index in [-0.39, 0.29) is 0 Å². The molecule has 0 bridgehead atoms. The smallest absolute Gasteiger partial charge is 0.121 e. The minimum absolute atomic E-state index is 0.408. The van der Waals surface area contributed by atoms with Crippen molar-refractivity contribution in [2.24, 2.45) is 5.41 Å². The summed E-state index contributed by atoms with van der Waals surface area (Å²) in [5.74, 6) is 0. The summed E-state index contributed by atoms with van der Waals surface area (Å²) in [6, 6.07) is 0.591. The summed E-state index contributed by atoms with van der Waals surface area (Å²) >= 11 is 0. The molecule has 0 saturated heterocycles. The van der Waals surface area contributed by atoms with Gasteiger partial charge in [0, 0.05) is 12.6 Å². The average molecular weight is 209 g/mol. The van der Waals surface area contributed by atoms with E-state index in [0.29, 0.717) is 11.5 Å². The molecule has 1 heterocycles. The molecule has 0 amide bonds. The first-order chi connectivity index (χ1) is 7.09. The summed E-state index contributed by atoms with van der Waals surface area (Å²) in [5, 5.41) is 11.2. The van der Waals surface area contributed by atoms with Crippen molar-refractivity contribution in [2.75, 3.05) is 0 Å². The van der Waals surface area contributed by atoms with Crippen LogP contribution in [0.25, 0.3) is 0 Å². The Morgan fingerprint density at radius 2 is 2.27 bits per heavy atom. The van der Waals surface area contributed by atoms with Gasteiger partial charge in [-0.1, -0.05) is 30.6 Å². The summed E-state index contributed by atoms with van der Waals surface area (Å²) < 4.78 is 4.67. The Bertz CT molecular complexity index is 332. The molecular weight excluding hydrogens is 190 g/mol. The molecule has 2 rings (SSSR count). The van der Waals surface area contributed by atoms with Gasteiger partial charge in [0.1, 0.15) is 11.4 Å². The van der Waals surface area contributed by atoms with Gasteiger partial charge in [0.05, 0.1) is 0 Å². The highest BCUT2D eigenvalue weighted by Gasteiger charge is 2.33. The lowest BCUT2D eigenvalue weighted by Crippen LogP contribution is -2.37. The first-order valence-corrected chi connectivity index (χ1v) is 5.61. The van der Waals surface area contributed by atoms with E-state index >= 15 is 0 Å². The summed E-state index contributed by atoms with van der Waals surface area (Å²) in [5.41, 5.74) is 2.22. The molecule has 1 N–H and O–H groups in total. The first-order valence-electron chi connectivity index (χ1n) is 5.61. The first kappa shape index (κ1) is 10.6. The fraction of sp³-hybridized carbons (Fsp3) is 0.818. The van der Waals surface area contributed by atoms with E-state index in [0.717, 1.165) is 17.9 Å². The second-order valence-electron chi connectivity index (χ2n) is 5.11. The van der Waals surface area contributed by atoms with Crippen LogP contribution >= 0.6 is 0 Å². The third-order valence-corrected chi connectivity index (χ3v) is 3.52. The van der Waals surface area contributed by atoms with Gasteiger partial charge in [0.15, 0.2) is 0 Å². The molecule has 0 aromatic carbocycles. The van der Waals surface area contributed by atoms with Gasteiger partial charge in [-0.25, -0.2) is 4.63 Å². The number of hydrogen-bond donors (Lipinski definition) is 1. The zero-order valence-electron chi connectivity index (χ0n) is 9.71. The van der Waals surface area contributed by atoms with Crippen molar-refractivity contribution in [1.29, 1.82) is 0 Å². The highest BCUT2D eigenvalue weighted by Crippen LogP contribution is 2.37. The summed E-state index contributed by atoms with van der Waals surface area (Å²) in [4.78, 5) is 0. The van der Waals surface area contributed by atoms with Crippen molar-refractivity contribution >= 4 is 0 Å². The quantitative estimate of drug-likeness (QED) is 0.827. The molecule has 4 nitrogen and oxygen atoms in total. The lowest BCUT2D eigenvalue weighted by molar-refractivity contribution is 0.275. The molecule has 0 radical (unpaired) electrons. The van der Waals surface area contributed by atoms with Crippen LogP contribution in [0.15, 0.2) is 4.63 Å². The molecule has 1 aliphatic carbocycles. The van der Waals surface area contributed by atoms with Crippen molar-refractivity contribution in [1.82, 2.24) is 15.6 Å². The van der Waals surface area contributed by atoms with E-state index in [1.807, 2.05) is 6.92 Å². The predicted molar refractivity (Wildman–Crippen MR) is 57.3 cm³/mol. The van der Waals surface area contributed by atoms with Crippen molar-refractivity contribution in [2.45, 2.75) is 52.6 Å². The SMILES string of the molecule is Cc1nonc1CNC1CCCC1(C)C. The summed E-state index contributed by atoms with van der Waals surface area (Å²) in [6.07, 6.45) is 3.89. The highest BCUT2D eigenvalue weighted by atomic mass is 16.6. The largest absolute Gasteiger partial charge is 0.308 e. The van der Waals surface area contributed by atoms with Crippen LogP contribution in [0.3, 0.4) is 0 Å². The van der Waals surface area contributed by atoms with Gasteiger partial charge in [0.2, 0.25) is 0 Å². The number of rotatable bonds is 3. The van der Waals surface area contributed by atoms with Crippen LogP contribution in [0, 0.1) is 12.3 Å². The predicted octanol–water partition coefficient (Wildman–Crippen LogP) is 2.05. The van der Waals surface area contributed by atoms with Gasteiger partial charge < -0.3 is 5.32 Å². The number of hydrogen-bond acceptors (Lipinski definition) is 4. The van der Waals surface area contributed by atoms with Crippen LogP contribution in [0.2, 0.25) is 0 Å². The Kier molecular flexibility index (Phi) is 2.78. The molecule has 1 saturated carbocycles. The van der Waals surface area contributed by atoms with E-state index in [9.17, 15) is 0 Å². The Labute approximate surface area is 90.4 Å². The maximum absolute atomic E-state index is 4.67. The number of nitrogens with one attached hydrogen (secondary N) is 1. The highest BCUT2D eigenvalue weighted by molar-refractivity contribution is 5.04. The summed E-state index contributed by atoms with van der Waals surface area (Å²) in [7, 11) is 0. The van der Waals surface area contributed by atoms with Crippen LogP contribution in [-0.4, -0.2) is 16.4 Å². The lowest BCUT2D eigenvalue weighted by atomic mass is 9.87. The molecule has 1 aromatic rings. The van der Waals surface area contributed by atoms with Gasteiger partial charge in [-0.2, -0.15) is 0 Å². The molecule has 1 unspecified atom stereocenters. The van der Waals surface area contributed by atoms with Crippen LogP contribution in [0.1, 0.15) is 44.5 Å². The number of nitrogens with zero attached hydrogens (tertiary/aromatic N) is 2. The lowest BCUT2D eigenvalue weighted by Gasteiger charge is -2.27. The Balaban J connectivity index is 1.91. The van der Waals surface area contributed by atoms with Crippen molar-refractivity contribution < 1.29 is 4.63 Å². The zero-order chi connectivity index (χ0) is 10.9. The molecule has 1 fully saturated rings. The van der Waals surface area contributed by atoms with Gasteiger partial charge in [-0.05, 0) is 25.2 Å². The molecule has 0 spiro atoms. The standard InChI is InChI=1S/C11H19N3O/c1-8-9(14-15-13-8)7-12-10-5-4-6-11(10,2)3/h10,12H,4-7H2,1-3H3. The fourth-order valence-electron chi connectivity index (χ4n) is 2.33. The van der Waals surface area contributed by atoms with E-state index < -0.39 is 0 Å². The van der Waals surface area contributed by atoms with Gasteiger partial charge in [0.25, 0.3) is 0 Å². The number of aryl methyl sites for hydroxylation is 1. The second kappa shape index (κ2) is 3.93. The maximum atomic E-state index is 4.67. The third-order valence-electron chi connectivity index (χ3n) is 3.52. The van der Waals surface area contributed by atoms with E-state index in [2.05, 4.69) is 34.1 Å². The van der Waals surface area contributed by atoms with E-state index in [1.165, 1.54) is 19.3 Å². The van der Waals surface area contributed by atoms with Crippen LogP contribution in [0.4, 0.5) is 0 Å². The van der Waals surface area contributed by atoms with E-state index in [1.54, 1.807) is 0 Å². The third kappa shape index (κ3) is 2.20. The van der Waals surface area contributed by atoms with E-state index in [4.69, 9.17) is 0 Å². The average Bonchev–Trinajstić information content (AvgIpc) is 2.69. The minimum atomic E-state index is 0.408. The van der Waals surface area contributed by atoms with Crippen molar-refractivity contribution in [3.63, 3.8) is 0 Å². The molecule has 0 aliphatic heterocycles. The molecule has 15 heavy (non-hydrogen) atoms. The van der Waals surface area contributed by atoms with Crippen molar-refractivity contribution in [3.8, 4) is 0 Å². The molecule has 1 aliphatic rings. The fourth-order valence-corrected chi connectivity index (χ4v) is 2.33. The molecule has 4 heteroatoms. The van der Waals surface area contributed by atoms with Gasteiger partial charge in [-0.15, -0.1) is 0 Å².